The fraction of sp³-hybridized carbons (Fsp3) is 0.688. The van der Waals surface area contributed by atoms with Crippen LogP contribution in [0.4, 0.5) is 0 Å². The maximum atomic E-state index is 12.5. The van der Waals surface area contributed by atoms with Crippen LogP contribution in [0.3, 0.4) is 0 Å². The zero-order chi connectivity index (χ0) is 14.2. The van der Waals surface area contributed by atoms with Gasteiger partial charge >= 0.3 is 0 Å². The molecule has 0 N–H and O–H groups in total. The Hall–Kier alpha value is -1.05. The Kier molecular flexibility index (Phi) is 4.41. The van der Waals surface area contributed by atoms with Gasteiger partial charge in [-0.1, -0.05) is 27.7 Å². The van der Waals surface area contributed by atoms with Crippen LogP contribution in [0, 0.1) is 13.8 Å². The van der Waals surface area contributed by atoms with Gasteiger partial charge in [0.2, 0.25) is 0 Å². The fourth-order valence-electron chi connectivity index (χ4n) is 2.80. The van der Waals surface area contributed by atoms with Crippen molar-refractivity contribution in [2.75, 3.05) is 0 Å². The molecule has 0 radical (unpaired) electrons. The lowest BCUT2D eigenvalue weighted by atomic mass is 9.89. The minimum Gasteiger partial charge on any atom is -0.309 e. The molecule has 1 aromatic heterocycles. The van der Waals surface area contributed by atoms with E-state index in [4.69, 9.17) is 0 Å². The van der Waals surface area contributed by atoms with E-state index in [0.717, 1.165) is 5.56 Å². The van der Waals surface area contributed by atoms with Crippen LogP contribution in [0.15, 0.2) is 4.79 Å². The summed E-state index contributed by atoms with van der Waals surface area (Å²) in [6.07, 6.45) is 0. The quantitative estimate of drug-likeness (QED) is 0.783. The van der Waals surface area contributed by atoms with Gasteiger partial charge in [-0.25, -0.2) is 0 Å². The molecule has 0 unspecified atom stereocenters. The van der Waals surface area contributed by atoms with Crippen LogP contribution >= 0.6 is 0 Å². The molecule has 102 valence electrons. The van der Waals surface area contributed by atoms with Crippen molar-refractivity contribution in [3.63, 3.8) is 0 Å². The molecule has 0 bridgehead atoms. The lowest BCUT2D eigenvalue weighted by molar-refractivity contribution is 0.520. The summed E-state index contributed by atoms with van der Waals surface area (Å²) < 4.78 is 1.99. The highest BCUT2D eigenvalue weighted by Gasteiger charge is 2.22. The Morgan fingerprint density at radius 3 is 1.67 bits per heavy atom. The Bertz CT molecular complexity index is 493. The number of aromatic nitrogens is 1. The first-order valence-electron chi connectivity index (χ1n) is 6.95. The highest BCUT2D eigenvalue weighted by molar-refractivity contribution is 5.39. The van der Waals surface area contributed by atoms with Crippen molar-refractivity contribution in [2.24, 2.45) is 0 Å². The highest BCUT2D eigenvalue weighted by atomic mass is 16.1. The van der Waals surface area contributed by atoms with E-state index in [0.29, 0.717) is 11.8 Å². The number of nitrogens with zero attached hydrogens (tertiary/aromatic N) is 1. The van der Waals surface area contributed by atoms with Gasteiger partial charge in [-0.3, -0.25) is 4.79 Å². The van der Waals surface area contributed by atoms with E-state index in [1.165, 1.54) is 16.8 Å². The van der Waals surface area contributed by atoms with E-state index >= 15 is 0 Å². The summed E-state index contributed by atoms with van der Waals surface area (Å²) in [6, 6.07) is 0.215. The fourth-order valence-corrected chi connectivity index (χ4v) is 2.80. The van der Waals surface area contributed by atoms with Gasteiger partial charge < -0.3 is 4.57 Å². The first kappa shape index (κ1) is 15.0. The molecule has 2 heteroatoms. The summed E-state index contributed by atoms with van der Waals surface area (Å²) in [5.41, 5.74) is 4.83. The normalized spacial score (nSPS) is 11.9. The van der Waals surface area contributed by atoms with Crippen LogP contribution in [-0.4, -0.2) is 4.57 Å². The number of rotatable bonds is 3. The summed E-state index contributed by atoms with van der Waals surface area (Å²) in [7, 11) is 0. The first-order chi connectivity index (χ1) is 8.20. The molecule has 0 amide bonds. The molecule has 0 aromatic carbocycles. The van der Waals surface area contributed by atoms with E-state index in [2.05, 4.69) is 48.5 Å². The lowest BCUT2D eigenvalue weighted by Gasteiger charge is -2.27. The molecular weight excluding hydrogens is 222 g/mol. The third-order valence-electron chi connectivity index (χ3n) is 3.68. The van der Waals surface area contributed by atoms with Gasteiger partial charge in [0.25, 0.3) is 5.56 Å². The van der Waals surface area contributed by atoms with Gasteiger partial charge in [0.15, 0.2) is 0 Å². The SMILES string of the molecule is Cc1c(C(C)C)c(C(C)C)n(C(C)C)c(=O)c1C. The predicted molar refractivity (Wildman–Crippen MR) is 78.7 cm³/mol. The van der Waals surface area contributed by atoms with E-state index in [1.54, 1.807) is 0 Å². The Morgan fingerprint density at radius 1 is 0.833 bits per heavy atom. The molecule has 0 saturated carbocycles. The molecular formula is C16H27NO. The molecule has 0 fully saturated rings. The van der Waals surface area contributed by atoms with Crippen LogP contribution < -0.4 is 5.56 Å². The molecule has 2 nitrogen and oxygen atoms in total. The second-order valence-corrected chi connectivity index (χ2v) is 6.13. The van der Waals surface area contributed by atoms with E-state index in [-0.39, 0.29) is 11.6 Å². The summed E-state index contributed by atoms with van der Waals surface area (Å²) in [4.78, 5) is 12.5. The third-order valence-corrected chi connectivity index (χ3v) is 3.68. The molecule has 0 atom stereocenters. The van der Waals surface area contributed by atoms with Gasteiger partial charge in [-0.2, -0.15) is 0 Å². The summed E-state index contributed by atoms with van der Waals surface area (Å²) in [6.45, 7) is 17.0. The van der Waals surface area contributed by atoms with Crippen molar-refractivity contribution in [2.45, 2.75) is 73.3 Å². The molecule has 1 aromatic rings. The molecule has 0 spiro atoms. The zero-order valence-electron chi connectivity index (χ0n) is 13.1. The van der Waals surface area contributed by atoms with Crippen LogP contribution in [0.25, 0.3) is 0 Å². The van der Waals surface area contributed by atoms with Crippen LogP contribution in [-0.2, 0) is 0 Å². The smallest absolute Gasteiger partial charge is 0.254 e. The van der Waals surface area contributed by atoms with Crippen LogP contribution in [0.1, 0.15) is 81.8 Å². The Balaban J connectivity index is 3.87. The van der Waals surface area contributed by atoms with Crippen molar-refractivity contribution in [3.8, 4) is 0 Å². The van der Waals surface area contributed by atoms with Crippen molar-refractivity contribution >= 4 is 0 Å². The predicted octanol–water partition coefficient (Wildman–Crippen LogP) is 4.29. The molecule has 0 aliphatic carbocycles. The molecule has 1 rings (SSSR count). The second-order valence-electron chi connectivity index (χ2n) is 6.13. The molecule has 0 aliphatic rings. The van der Waals surface area contributed by atoms with Crippen molar-refractivity contribution < 1.29 is 0 Å². The standard InChI is InChI=1S/C16H27NO/c1-9(2)14-12(7)13(8)16(18)17(11(5)6)15(14)10(3)4/h9-11H,1-8H3. The maximum Gasteiger partial charge on any atom is 0.254 e. The first-order valence-corrected chi connectivity index (χ1v) is 6.95. The molecule has 18 heavy (non-hydrogen) atoms. The summed E-state index contributed by atoms with van der Waals surface area (Å²) in [5.74, 6) is 0.823. The average Bonchev–Trinajstić information content (AvgIpc) is 2.23. The van der Waals surface area contributed by atoms with Crippen molar-refractivity contribution in [1.82, 2.24) is 4.57 Å². The maximum absolute atomic E-state index is 12.5. The molecule has 0 aliphatic heterocycles. The molecule has 1 heterocycles. The zero-order valence-corrected chi connectivity index (χ0v) is 13.1. The molecule has 0 saturated heterocycles. The minimum atomic E-state index is 0.176. The number of hydrogen-bond acceptors (Lipinski definition) is 1. The van der Waals surface area contributed by atoms with Crippen LogP contribution in [0.2, 0.25) is 0 Å². The van der Waals surface area contributed by atoms with Gasteiger partial charge in [-0.05, 0) is 50.7 Å². The summed E-state index contributed by atoms with van der Waals surface area (Å²) in [5, 5.41) is 0. The summed E-state index contributed by atoms with van der Waals surface area (Å²) >= 11 is 0. The monoisotopic (exact) mass is 249 g/mol. The lowest BCUT2D eigenvalue weighted by Crippen LogP contribution is -2.31. The minimum absolute atomic E-state index is 0.176. The van der Waals surface area contributed by atoms with Crippen LogP contribution in [0.5, 0.6) is 0 Å². The Labute approximate surface area is 111 Å². The van der Waals surface area contributed by atoms with E-state index < -0.39 is 0 Å². The van der Waals surface area contributed by atoms with E-state index in [1.807, 2.05) is 11.5 Å². The third kappa shape index (κ3) is 2.38. The van der Waals surface area contributed by atoms with Gasteiger partial charge in [0, 0.05) is 17.3 Å². The largest absolute Gasteiger partial charge is 0.309 e. The number of hydrogen-bond donors (Lipinski definition) is 0. The van der Waals surface area contributed by atoms with Crippen molar-refractivity contribution in [1.29, 1.82) is 0 Å². The van der Waals surface area contributed by atoms with E-state index in [9.17, 15) is 4.79 Å². The van der Waals surface area contributed by atoms with Gasteiger partial charge in [0.1, 0.15) is 0 Å². The second kappa shape index (κ2) is 5.29. The topological polar surface area (TPSA) is 22.0 Å². The highest BCUT2D eigenvalue weighted by Crippen LogP contribution is 2.30. The average molecular weight is 249 g/mol. The Morgan fingerprint density at radius 2 is 1.33 bits per heavy atom. The number of pyridine rings is 1. The van der Waals surface area contributed by atoms with Gasteiger partial charge in [0.05, 0.1) is 0 Å². The van der Waals surface area contributed by atoms with Crippen molar-refractivity contribution in [3.05, 3.63) is 32.7 Å². The van der Waals surface area contributed by atoms with Gasteiger partial charge in [-0.15, -0.1) is 0 Å².